The molecule has 5 heteroatoms. The molecule has 0 amide bonds. The molecule has 0 bridgehead atoms. The lowest BCUT2D eigenvalue weighted by Crippen LogP contribution is -2.60. The first-order valence-corrected chi connectivity index (χ1v) is 13.9. The minimum atomic E-state index is -0.487. The summed E-state index contributed by atoms with van der Waals surface area (Å²) >= 11 is 0. The van der Waals surface area contributed by atoms with Gasteiger partial charge < -0.3 is 25.7 Å². The molecule has 4 rings (SSSR count). The van der Waals surface area contributed by atoms with Crippen LogP contribution in [0.4, 0.5) is 0 Å². The fourth-order valence-corrected chi connectivity index (χ4v) is 5.07. The molecule has 0 aliphatic carbocycles. The average Bonchev–Trinajstić information content (AvgIpc) is 2.95. The van der Waals surface area contributed by atoms with Crippen LogP contribution in [0.25, 0.3) is 22.3 Å². The third kappa shape index (κ3) is 6.56. The second kappa shape index (κ2) is 12.7. The highest BCUT2D eigenvalue weighted by atomic mass is 16.7. The maximum atomic E-state index is 6.52. The van der Waals surface area contributed by atoms with Gasteiger partial charge in [0.2, 0.25) is 0 Å². The van der Waals surface area contributed by atoms with Crippen LogP contribution in [0.5, 0.6) is 11.5 Å². The molecule has 0 heterocycles. The third-order valence-corrected chi connectivity index (χ3v) is 7.87. The zero-order valence-electron chi connectivity index (χ0n) is 24.3. The summed E-state index contributed by atoms with van der Waals surface area (Å²) in [5.41, 5.74) is 17.4. The molecule has 0 saturated carbocycles. The Labute approximate surface area is 239 Å². The Morgan fingerprint density at radius 3 is 1.68 bits per heavy atom. The van der Waals surface area contributed by atoms with Crippen molar-refractivity contribution in [1.82, 2.24) is 0 Å². The van der Waals surface area contributed by atoms with E-state index in [0.29, 0.717) is 13.2 Å². The molecule has 0 fully saturated rings. The summed E-state index contributed by atoms with van der Waals surface area (Å²) in [7, 11) is 0. The van der Waals surface area contributed by atoms with Crippen LogP contribution in [0.1, 0.15) is 40.2 Å². The minimum Gasteiger partial charge on any atom is -0.490 e. The molecule has 3 unspecified atom stereocenters. The van der Waals surface area contributed by atoms with Crippen LogP contribution in [-0.4, -0.2) is 31.1 Å². The van der Waals surface area contributed by atoms with Gasteiger partial charge in [-0.3, -0.25) is 0 Å². The van der Waals surface area contributed by atoms with E-state index in [-0.39, 0.29) is 11.5 Å². The topological polar surface area (TPSA) is 79.7 Å². The van der Waals surface area contributed by atoms with Crippen LogP contribution in [0.15, 0.2) is 103 Å². The van der Waals surface area contributed by atoms with Crippen LogP contribution in [0.3, 0.4) is 0 Å². The Morgan fingerprint density at radius 2 is 1.20 bits per heavy atom. The largest absolute Gasteiger partial charge is 0.490 e. The van der Waals surface area contributed by atoms with Gasteiger partial charge in [-0.05, 0) is 56.5 Å². The zero-order chi connectivity index (χ0) is 28.8. The summed E-state index contributed by atoms with van der Waals surface area (Å²) in [5.74, 6) is 1.56. The highest BCUT2D eigenvalue weighted by Crippen LogP contribution is 2.39. The van der Waals surface area contributed by atoms with Crippen molar-refractivity contribution in [3.63, 3.8) is 0 Å². The van der Waals surface area contributed by atoms with E-state index in [0.717, 1.165) is 39.3 Å². The fraction of sp³-hybridized carbons (Fsp3) is 0.314. The van der Waals surface area contributed by atoms with Crippen molar-refractivity contribution in [3.8, 4) is 33.8 Å². The SMILES string of the molecule is CC(OCCOc1c(-c2ccccc2)cccc1-c1ccccc1)Oc1ccc(C(C)(C(C)N)C(C)(C)N)cc1. The van der Waals surface area contributed by atoms with Gasteiger partial charge in [0.05, 0.1) is 6.61 Å². The van der Waals surface area contributed by atoms with E-state index in [9.17, 15) is 0 Å². The first-order chi connectivity index (χ1) is 19.1. The van der Waals surface area contributed by atoms with Crippen LogP contribution >= 0.6 is 0 Å². The van der Waals surface area contributed by atoms with Gasteiger partial charge >= 0.3 is 0 Å². The molecule has 4 aromatic rings. The van der Waals surface area contributed by atoms with Gasteiger partial charge in [0, 0.05) is 28.1 Å². The molecule has 0 saturated heterocycles. The van der Waals surface area contributed by atoms with Crippen molar-refractivity contribution in [2.45, 2.75) is 57.9 Å². The molecule has 4 aromatic carbocycles. The Kier molecular flexibility index (Phi) is 9.31. The van der Waals surface area contributed by atoms with E-state index < -0.39 is 11.8 Å². The van der Waals surface area contributed by atoms with Gasteiger partial charge in [-0.1, -0.05) is 97.9 Å². The quantitative estimate of drug-likeness (QED) is 0.147. The molecular weight excluding hydrogens is 496 g/mol. The lowest BCUT2D eigenvalue weighted by atomic mass is 9.64. The molecule has 0 aromatic heterocycles. The van der Waals surface area contributed by atoms with Crippen LogP contribution in [0, 0.1) is 0 Å². The zero-order valence-corrected chi connectivity index (χ0v) is 24.3. The second-order valence-corrected chi connectivity index (χ2v) is 11.1. The molecule has 4 N–H and O–H groups in total. The van der Waals surface area contributed by atoms with E-state index in [1.807, 2.05) is 88.4 Å². The van der Waals surface area contributed by atoms with Crippen molar-refractivity contribution in [3.05, 3.63) is 109 Å². The van der Waals surface area contributed by atoms with Gasteiger partial charge in [-0.15, -0.1) is 0 Å². The molecule has 0 aliphatic rings. The van der Waals surface area contributed by atoms with E-state index in [1.165, 1.54) is 0 Å². The number of ether oxygens (including phenoxy) is 3. The molecule has 5 nitrogen and oxygen atoms in total. The fourth-order valence-electron chi connectivity index (χ4n) is 5.07. The van der Waals surface area contributed by atoms with Gasteiger partial charge in [-0.25, -0.2) is 0 Å². The summed E-state index contributed by atoms with van der Waals surface area (Å²) in [6.07, 6.45) is -0.446. The molecule has 0 spiro atoms. The molecule has 40 heavy (non-hydrogen) atoms. The van der Waals surface area contributed by atoms with Gasteiger partial charge in [-0.2, -0.15) is 0 Å². The number of para-hydroxylation sites is 1. The summed E-state index contributed by atoms with van der Waals surface area (Å²) < 4.78 is 18.4. The van der Waals surface area contributed by atoms with E-state index in [2.05, 4.69) is 49.4 Å². The predicted octanol–water partition coefficient (Wildman–Crippen LogP) is 7.18. The number of nitrogens with two attached hydrogens (primary N) is 2. The summed E-state index contributed by atoms with van der Waals surface area (Å²) in [5, 5.41) is 0. The van der Waals surface area contributed by atoms with Crippen LogP contribution in [-0.2, 0) is 10.2 Å². The minimum absolute atomic E-state index is 0.115. The summed E-state index contributed by atoms with van der Waals surface area (Å²) in [4.78, 5) is 0. The Hall–Kier alpha value is -3.64. The van der Waals surface area contributed by atoms with Gasteiger partial charge in [0.1, 0.15) is 18.1 Å². The molecule has 0 radical (unpaired) electrons. The normalized spacial score (nSPS) is 14.7. The highest BCUT2D eigenvalue weighted by Gasteiger charge is 2.42. The first kappa shape index (κ1) is 29.3. The first-order valence-electron chi connectivity index (χ1n) is 13.9. The maximum Gasteiger partial charge on any atom is 0.197 e. The molecular formula is C35H42N2O3. The van der Waals surface area contributed by atoms with E-state index in [1.54, 1.807) is 0 Å². The van der Waals surface area contributed by atoms with Gasteiger partial charge in [0.15, 0.2) is 6.29 Å². The Bertz CT molecular complexity index is 1290. The highest BCUT2D eigenvalue weighted by molar-refractivity contribution is 5.82. The number of benzene rings is 4. The molecule has 0 aliphatic heterocycles. The predicted molar refractivity (Wildman–Crippen MR) is 165 cm³/mol. The monoisotopic (exact) mass is 538 g/mol. The Balaban J connectivity index is 1.40. The number of hydrogen-bond donors (Lipinski definition) is 2. The standard InChI is InChI=1S/C35H42N2O3/c1-25(36)35(5,34(3,4)37)29-19-21-30(22-20-29)40-26(2)38-23-24-39-33-31(27-13-8-6-9-14-27)17-12-18-32(33)28-15-10-7-11-16-28/h6-22,25-26H,23-24,36-37H2,1-5H3. The summed E-state index contributed by atoms with van der Waals surface area (Å²) in [6.45, 7) is 10.8. The van der Waals surface area contributed by atoms with Crippen molar-refractivity contribution >= 4 is 0 Å². The lowest BCUT2D eigenvalue weighted by molar-refractivity contribution is -0.0738. The van der Waals surface area contributed by atoms with Crippen molar-refractivity contribution < 1.29 is 14.2 Å². The van der Waals surface area contributed by atoms with Crippen LogP contribution in [0.2, 0.25) is 0 Å². The molecule has 3 atom stereocenters. The van der Waals surface area contributed by atoms with Crippen LogP contribution < -0.4 is 20.9 Å². The number of hydrogen-bond acceptors (Lipinski definition) is 5. The van der Waals surface area contributed by atoms with Crippen molar-refractivity contribution in [1.29, 1.82) is 0 Å². The average molecular weight is 539 g/mol. The number of rotatable bonds is 12. The summed E-state index contributed by atoms with van der Waals surface area (Å²) in [6, 6.07) is 34.7. The second-order valence-electron chi connectivity index (χ2n) is 11.1. The van der Waals surface area contributed by atoms with Crippen molar-refractivity contribution in [2.24, 2.45) is 11.5 Å². The van der Waals surface area contributed by atoms with E-state index >= 15 is 0 Å². The molecule has 210 valence electrons. The third-order valence-electron chi connectivity index (χ3n) is 7.87. The maximum absolute atomic E-state index is 6.52. The van der Waals surface area contributed by atoms with E-state index in [4.69, 9.17) is 25.7 Å². The lowest BCUT2D eigenvalue weighted by Gasteiger charge is -2.45. The smallest absolute Gasteiger partial charge is 0.197 e. The van der Waals surface area contributed by atoms with Crippen molar-refractivity contribution in [2.75, 3.05) is 13.2 Å². The Morgan fingerprint density at radius 1 is 0.675 bits per heavy atom. The van der Waals surface area contributed by atoms with Gasteiger partial charge in [0.25, 0.3) is 0 Å².